The van der Waals surface area contributed by atoms with Crippen molar-refractivity contribution in [3.63, 3.8) is 0 Å². The smallest absolute Gasteiger partial charge is 0.342 e. The fourth-order valence-electron chi connectivity index (χ4n) is 2.60. The highest BCUT2D eigenvalue weighted by Gasteiger charge is 2.23. The van der Waals surface area contributed by atoms with Crippen LogP contribution in [0.1, 0.15) is 15.9 Å². The van der Waals surface area contributed by atoms with Gasteiger partial charge in [-0.25, -0.2) is 9.59 Å². The van der Waals surface area contributed by atoms with Crippen molar-refractivity contribution < 1.29 is 33.3 Å². The monoisotopic (exact) mass is 401 g/mol. The lowest BCUT2D eigenvalue weighted by atomic mass is 10.1. The second kappa shape index (κ2) is 10.7. The number of esters is 2. The summed E-state index contributed by atoms with van der Waals surface area (Å²) in [5.74, 6) is -1.19. The van der Waals surface area contributed by atoms with Gasteiger partial charge in [-0.15, -0.1) is 0 Å². The Labute approximate surface area is 168 Å². The molecule has 154 valence electrons. The van der Waals surface area contributed by atoms with Crippen LogP contribution in [0.4, 0.5) is 0 Å². The topological polar surface area (TPSA) is 100 Å². The molecule has 0 aromatic heterocycles. The number of benzene rings is 2. The molecule has 0 aliphatic rings. The predicted molar refractivity (Wildman–Crippen MR) is 104 cm³/mol. The van der Waals surface area contributed by atoms with E-state index in [4.69, 9.17) is 18.9 Å². The quantitative estimate of drug-likeness (QED) is 0.639. The average molecular weight is 401 g/mol. The van der Waals surface area contributed by atoms with Gasteiger partial charge >= 0.3 is 11.9 Å². The molecule has 0 aliphatic heterocycles. The molecule has 0 aliphatic carbocycles. The van der Waals surface area contributed by atoms with E-state index in [1.165, 1.54) is 33.5 Å². The molecule has 0 heterocycles. The minimum atomic E-state index is -0.899. The van der Waals surface area contributed by atoms with E-state index in [1.54, 1.807) is 6.07 Å². The van der Waals surface area contributed by atoms with Crippen LogP contribution in [0, 0.1) is 0 Å². The zero-order valence-corrected chi connectivity index (χ0v) is 16.5. The van der Waals surface area contributed by atoms with Gasteiger partial charge in [0.1, 0.15) is 23.1 Å². The molecule has 2 rings (SSSR count). The van der Waals surface area contributed by atoms with Gasteiger partial charge in [0, 0.05) is 12.5 Å². The van der Waals surface area contributed by atoms with Crippen molar-refractivity contribution in [3.8, 4) is 11.5 Å². The maximum Gasteiger partial charge on any atom is 0.342 e. The molecule has 8 nitrogen and oxygen atoms in total. The molecular formula is C21H23NO7. The second-order valence-electron chi connectivity index (χ2n) is 5.98. The van der Waals surface area contributed by atoms with Crippen LogP contribution < -0.4 is 14.8 Å². The van der Waals surface area contributed by atoms with Gasteiger partial charge in [-0.05, 0) is 17.7 Å². The number of methoxy groups -OCH3 is 3. The van der Waals surface area contributed by atoms with Crippen molar-refractivity contribution in [2.45, 2.75) is 12.5 Å². The molecule has 0 saturated carbocycles. The Morgan fingerprint density at radius 2 is 1.69 bits per heavy atom. The van der Waals surface area contributed by atoms with Gasteiger partial charge in [-0.1, -0.05) is 30.3 Å². The van der Waals surface area contributed by atoms with E-state index in [0.29, 0.717) is 5.75 Å². The van der Waals surface area contributed by atoms with E-state index in [1.807, 2.05) is 30.3 Å². The summed E-state index contributed by atoms with van der Waals surface area (Å²) < 4.78 is 20.0. The summed E-state index contributed by atoms with van der Waals surface area (Å²) in [6.45, 7) is -0.559. The molecule has 0 spiro atoms. The maximum atomic E-state index is 12.3. The summed E-state index contributed by atoms with van der Waals surface area (Å²) in [5.41, 5.74) is 0.998. The Kier molecular flexibility index (Phi) is 8.02. The van der Waals surface area contributed by atoms with Crippen LogP contribution in [-0.2, 0) is 25.5 Å². The van der Waals surface area contributed by atoms with Crippen molar-refractivity contribution in [1.29, 1.82) is 0 Å². The Morgan fingerprint density at radius 1 is 0.966 bits per heavy atom. The molecule has 1 amide bonds. The first-order valence-corrected chi connectivity index (χ1v) is 8.78. The normalized spacial score (nSPS) is 11.1. The van der Waals surface area contributed by atoms with Crippen LogP contribution in [0.2, 0.25) is 0 Å². The fraction of sp³-hybridized carbons (Fsp3) is 0.286. The fourth-order valence-corrected chi connectivity index (χ4v) is 2.60. The Balaban J connectivity index is 1.98. The number of amides is 1. The van der Waals surface area contributed by atoms with E-state index < -0.39 is 30.5 Å². The van der Waals surface area contributed by atoms with Crippen molar-refractivity contribution in [2.75, 3.05) is 27.9 Å². The summed E-state index contributed by atoms with van der Waals surface area (Å²) >= 11 is 0. The highest BCUT2D eigenvalue weighted by molar-refractivity contribution is 5.94. The van der Waals surface area contributed by atoms with Crippen LogP contribution in [-0.4, -0.2) is 51.8 Å². The van der Waals surface area contributed by atoms with Crippen LogP contribution >= 0.6 is 0 Å². The second-order valence-corrected chi connectivity index (χ2v) is 5.98. The van der Waals surface area contributed by atoms with E-state index >= 15 is 0 Å². The first-order valence-electron chi connectivity index (χ1n) is 8.78. The standard InChI is InChI=1S/C21H23NO7/c1-26-15-9-10-16(18(12-15)27-2)20(24)29-13-19(23)22-17(21(25)28-3)11-14-7-5-4-6-8-14/h4-10,12,17H,11,13H2,1-3H3,(H,22,23)/t17-/m1/s1. The third-order valence-electron chi connectivity index (χ3n) is 4.07. The van der Waals surface area contributed by atoms with Crippen molar-refractivity contribution in [3.05, 3.63) is 59.7 Å². The highest BCUT2D eigenvalue weighted by Crippen LogP contribution is 2.25. The summed E-state index contributed by atoms with van der Waals surface area (Å²) in [5, 5.41) is 2.53. The molecule has 2 aromatic carbocycles. The van der Waals surface area contributed by atoms with Gasteiger partial charge in [0.05, 0.1) is 21.3 Å². The number of carbonyl (C=O) groups excluding carboxylic acids is 3. The third-order valence-corrected chi connectivity index (χ3v) is 4.07. The number of hydrogen-bond acceptors (Lipinski definition) is 7. The number of carbonyl (C=O) groups is 3. The SMILES string of the molecule is COC(=O)[C@@H](Cc1ccccc1)NC(=O)COC(=O)c1ccc(OC)cc1OC. The number of hydrogen-bond donors (Lipinski definition) is 1. The zero-order chi connectivity index (χ0) is 21.2. The minimum absolute atomic E-state index is 0.148. The molecule has 1 atom stereocenters. The van der Waals surface area contributed by atoms with Crippen molar-refractivity contribution in [1.82, 2.24) is 5.32 Å². The molecular weight excluding hydrogens is 378 g/mol. The van der Waals surface area contributed by atoms with E-state index in [2.05, 4.69) is 5.32 Å². The van der Waals surface area contributed by atoms with Gasteiger partial charge in [0.15, 0.2) is 6.61 Å². The Morgan fingerprint density at radius 3 is 2.31 bits per heavy atom. The zero-order valence-electron chi connectivity index (χ0n) is 16.5. The maximum absolute atomic E-state index is 12.3. The third kappa shape index (κ3) is 6.24. The first-order chi connectivity index (χ1) is 14.0. The molecule has 8 heteroatoms. The Hall–Kier alpha value is -3.55. The largest absolute Gasteiger partial charge is 0.497 e. The minimum Gasteiger partial charge on any atom is -0.497 e. The number of nitrogens with one attached hydrogen (secondary N) is 1. The molecule has 29 heavy (non-hydrogen) atoms. The van der Waals surface area contributed by atoms with Crippen LogP contribution in [0.25, 0.3) is 0 Å². The van der Waals surface area contributed by atoms with Gasteiger partial charge in [-0.2, -0.15) is 0 Å². The van der Waals surface area contributed by atoms with Gasteiger partial charge in [-0.3, -0.25) is 4.79 Å². The Bertz CT molecular complexity index is 851. The molecule has 2 aromatic rings. The average Bonchev–Trinajstić information content (AvgIpc) is 2.76. The highest BCUT2D eigenvalue weighted by atomic mass is 16.5. The van der Waals surface area contributed by atoms with E-state index in [9.17, 15) is 14.4 Å². The number of ether oxygens (including phenoxy) is 4. The van der Waals surface area contributed by atoms with Crippen molar-refractivity contribution >= 4 is 17.8 Å². The lowest BCUT2D eigenvalue weighted by molar-refractivity contribution is -0.145. The van der Waals surface area contributed by atoms with Gasteiger partial charge < -0.3 is 24.3 Å². The van der Waals surface area contributed by atoms with E-state index in [-0.39, 0.29) is 17.7 Å². The summed E-state index contributed by atoms with van der Waals surface area (Å²) in [4.78, 5) is 36.5. The van der Waals surface area contributed by atoms with Crippen LogP contribution in [0.3, 0.4) is 0 Å². The lowest BCUT2D eigenvalue weighted by Crippen LogP contribution is -2.44. The molecule has 0 bridgehead atoms. The molecule has 0 saturated heterocycles. The molecule has 0 fully saturated rings. The first kappa shape index (κ1) is 21.7. The van der Waals surface area contributed by atoms with Crippen LogP contribution in [0.15, 0.2) is 48.5 Å². The lowest BCUT2D eigenvalue weighted by Gasteiger charge is -2.17. The molecule has 0 radical (unpaired) electrons. The summed E-state index contributed by atoms with van der Waals surface area (Å²) in [6.07, 6.45) is 0.250. The van der Waals surface area contributed by atoms with Crippen molar-refractivity contribution in [2.24, 2.45) is 0 Å². The summed E-state index contributed by atoms with van der Waals surface area (Å²) in [7, 11) is 4.13. The summed E-state index contributed by atoms with van der Waals surface area (Å²) in [6, 6.07) is 12.9. The number of rotatable bonds is 9. The predicted octanol–water partition coefficient (Wildman–Crippen LogP) is 1.76. The van der Waals surface area contributed by atoms with E-state index in [0.717, 1.165) is 5.56 Å². The molecule has 1 N–H and O–H groups in total. The van der Waals surface area contributed by atoms with Gasteiger partial charge in [0.25, 0.3) is 5.91 Å². The molecule has 0 unspecified atom stereocenters. The van der Waals surface area contributed by atoms with Crippen LogP contribution in [0.5, 0.6) is 11.5 Å². The van der Waals surface area contributed by atoms with Gasteiger partial charge in [0.2, 0.25) is 0 Å².